The fourth-order valence-corrected chi connectivity index (χ4v) is 1.54. The average molecular weight is 358 g/mol. The van der Waals surface area contributed by atoms with Gasteiger partial charge in [0, 0.05) is 0 Å². The van der Waals surface area contributed by atoms with Gasteiger partial charge in [0.2, 0.25) is 0 Å². The molecule has 0 aliphatic heterocycles. The van der Waals surface area contributed by atoms with Crippen LogP contribution in [0.15, 0.2) is 0 Å². The number of carboxylic acids is 1. The van der Waals surface area contributed by atoms with Crippen molar-refractivity contribution >= 4 is 15.7 Å². The molecule has 0 amide bonds. The zero-order valence-corrected chi connectivity index (χ0v) is 12.9. The monoisotopic (exact) mass is 358 g/mol. The molecule has 5 radical (unpaired) electrons. The van der Waals surface area contributed by atoms with Crippen molar-refractivity contribution < 1.29 is 36.5 Å². The molecule has 0 aromatic heterocycles. The number of hydrogen-bond donors (Lipinski definition) is 1. The van der Waals surface area contributed by atoms with Crippen LogP contribution in [0.3, 0.4) is 0 Å². The summed E-state index contributed by atoms with van der Waals surface area (Å²) in [5.74, 6) is 3.66. The Morgan fingerprint density at radius 3 is 1.28 bits per heavy atom. The molecule has 0 heterocycles. The molecule has 0 atom stereocenters. The summed E-state index contributed by atoms with van der Waals surface area (Å²) in [6, 6.07) is 0. The van der Waals surface area contributed by atoms with Crippen LogP contribution in [-0.4, -0.2) is 11.1 Å². The van der Waals surface area contributed by atoms with Crippen LogP contribution in [0.1, 0.15) is 27.7 Å². The Morgan fingerprint density at radius 1 is 0.944 bits per heavy atom. The van der Waals surface area contributed by atoms with Crippen molar-refractivity contribution in [3.8, 4) is 0 Å². The van der Waals surface area contributed by atoms with Gasteiger partial charge in [-0.25, -0.2) is 0 Å². The van der Waals surface area contributed by atoms with E-state index in [2.05, 4.69) is 23.0 Å². The van der Waals surface area contributed by atoms with Crippen LogP contribution in [0.4, 0.5) is 0 Å². The number of carbonyl (C=O) groups is 1. The van der Waals surface area contributed by atoms with Gasteiger partial charge in [0.05, 0.1) is 5.92 Å². The first-order chi connectivity index (χ1) is 8.46. The maximum absolute atomic E-state index is 10.8. The van der Waals surface area contributed by atoms with Gasteiger partial charge in [0.15, 0.2) is 0 Å². The SMILES string of the molecule is C[C]1[C](C)[C](C)[C](C(=O)O)[C]1C.[C-]#[O+].[C-]#[O+].[Cl][Ru+]. The van der Waals surface area contributed by atoms with Crippen LogP contribution in [0.2, 0.25) is 0 Å². The predicted octanol–water partition coefficient (Wildman–Crippen LogP) is 2.65. The standard InChI is InChI=1S/C10H13O2.2CO.ClH.Ru/c1-5-6(2)8(4)9(7(5)3)10(11)12;2*1-2;;/h1-4H3,(H,11,12);;;1H;/q;;;;+2/p-1. The van der Waals surface area contributed by atoms with Crippen molar-refractivity contribution in [1.29, 1.82) is 0 Å². The molecule has 1 fully saturated rings. The summed E-state index contributed by atoms with van der Waals surface area (Å²) in [7, 11) is 4.57. The van der Waals surface area contributed by atoms with Crippen molar-refractivity contribution in [1.82, 2.24) is 0 Å². The summed E-state index contributed by atoms with van der Waals surface area (Å²) in [6.45, 7) is 16.6. The van der Waals surface area contributed by atoms with E-state index in [-0.39, 0.29) is 0 Å². The Labute approximate surface area is 123 Å². The average Bonchev–Trinajstić information content (AvgIpc) is 2.61. The van der Waals surface area contributed by atoms with E-state index in [1.165, 1.54) is 0 Å². The van der Waals surface area contributed by atoms with Gasteiger partial charge in [-0.3, -0.25) is 4.79 Å². The number of carboxylic acid groups (broad SMARTS) is 1. The van der Waals surface area contributed by atoms with E-state index < -0.39 is 5.97 Å². The molecular weight excluding hydrogens is 345 g/mol. The van der Waals surface area contributed by atoms with Crippen LogP contribution < -0.4 is 0 Å². The first kappa shape index (κ1) is 23.0. The number of rotatable bonds is 1. The molecule has 99 valence electrons. The molecule has 0 spiro atoms. The third-order valence-corrected chi connectivity index (χ3v) is 2.65. The number of halogens is 1. The normalized spacial score (nSPS) is 17.4. The zero-order valence-electron chi connectivity index (χ0n) is 10.4. The molecule has 4 nitrogen and oxygen atoms in total. The third-order valence-electron chi connectivity index (χ3n) is 2.65. The molecule has 0 aromatic rings. The van der Waals surface area contributed by atoms with Gasteiger partial charge < -0.3 is 5.11 Å². The van der Waals surface area contributed by atoms with Gasteiger partial charge in [0.1, 0.15) is 0 Å². The van der Waals surface area contributed by atoms with Crippen LogP contribution in [-0.2, 0) is 31.4 Å². The second-order valence-corrected chi connectivity index (χ2v) is 3.18. The van der Waals surface area contributed by atoms with Crippen molar-refractivity contribution in [3.05, 3.63) is 42.9 Å². The van der Waals surface area contributed by atoms with Crippen LogP contribution in [0, 0.1) is 42.9 Å². The van der Waals surface area contributed by atoms with E-state index in [1.807, 2.05) is 45.0 Å². The summed E-state index contributed by atoms with van der Waals surface area (Å²) in [5, 5.41) is 8.88. The van der Waals surface area contributed by atoms with E-state index >= 15 is 0 Å². The van der Waals surface area contributed by atoms with Gasteiger partial charge in [-0.05, 0) is 23.7 Å². The number of aliphatic carboxylic acids is 1. The van der Waals surface area contributed by atoms with Gasteiger partial charge in [0.25, 0.3) is 0 Å². The van der Waals surface area contributed by atoms with Crippen molar-refractivity contribution in [3.63, 3.8) is 0 Å². The van der Waals surface area contributed by atoms with Gasteiger partial charge in [-0.1, -0.05) is 27.7 Å². The van der Waals surface area contributed by atoms with Gasteiger partial charge >= 0.3 is 55.6 Å². The summed E-state index contributed by atoms with van der Waals surface area (Å²) in [5.41, 5.74) is 0. The minimum absolute atomic E-state index is 0.477. The summed E-state index contributed by atoms with van der Waals surface area (Å²) < 4.78 is 15.0. The van der Waals surface area contributed by atoms with E-state index in [4.69, 9.17) is 14.4 Å². The molecule has 0 bridgehead atoms. The van der Waals surface area contributed by atoms with E-state index in [0.29, 0.717) is 5.92 Å². The third kappa shape index (κ3) is 6.15. The first-order valence-corrected chi connectivity index (χ1v) is 6.71. The fourth-order valence-electron chi connectivity index (χ4n) is 1.54. The minimum atomic E-state index is -0.818. The van der Waals surface area contributed by atoms with E-state index in [9.17, 15) is 4.79 Å². The Bertz CT molecular complexity index is 247. The zero-order chi connectivity index (χ0) is 15.5. The Morgan fingerprint density at radius 2 is 1.17 bits per heavy atom. The van der Waals surface area contributed by atoms with Gasteiger partial charge in [-0.2, -0.15) is 0 Å². The molecule has 1 rings (SSSR count). The van der Waals surface area contributed by atoms with E-state index in [1.54, 1.807) is 0 Å². The summed E-state index contributed by atoms with van der Waals surface area (Å²) in [4.78, 5) is 10.8. The maximum atomic E-state index is 10.8. The second kappa shape index (κ2) is 13.3. The molecule has 0 unspecified atom stereocenters. The second-order valence-electron chi connectivity index (χ2n) is 3.18. The number of hydrogen-bond acceptors (Lipinski definition) is 1. The predicted molar refractivity (Wildman–Crippen MR) is 60.3 cm³/mol. The van der Waals surface area contributed by atoms with E-state index in [0.717, 1.165) is 23.7 Å². The summed E-state index contributed by atoms with van der Waals surface area (Å²) in [6.07, 6.45) is 0. The molecule has 1 saturated carbocycles. The fraction of sp³-hybridized carbons (Fsp3) is 0.333. The molecule has 1 N–H and O–H groups in total. The van der Waals surface area contributed by atoms with Crippen molar-refractivity contribution in [2.24, 2.45) is 0 Å². The molecule has 0 aromatic carbocycles. The van der Waals surface area contributed by atoms with Crippen LogP contribution >= 0.6 is 9.69 Å². The van der Waals surface area contributed by atoms with Crippen LogP contribution in [0.25, 0.3) is 0 Å². The Kier molecular flexibility index (Phi) is 17.0. The van der Waals surface area contributed by atoms with Crippen LogP contribution in [0.5, 0.6) is 0 Å². The van der Waals surface area contributed by atoms with Crippen molar-refractivity contribution in [2.45, 2.75) is 27.7 Å². The quantitative estimate of drug-likeness (QED) is 0.445. The Hall–Kier alpha value is -0.137. The van der Waals surface area contributed by atoms with Gasteiger partial charge in [-0.15, -0.1) is 0 Å². The van der Waals surface area contributed by atoms with Crippen molar-refractivity contribution in [2.75, 3.05) is 0 Å². The molecular formula is C12H13ClO4Ru+. The molecule has 1 aliphatic rings. The molecule has 18 heavy (non-hydrogen) atoms. The topological polar surface area (TPSA) is 77.1 Å². The first-order valence-electron chi connectivity index (χ1n) is 4.47. The molecule has 1 aliphatic carbocycles. The Balaban J connectivity index is -0.000000328. The molecule has 0 saturated heterocycles. The molecule has 6 heteroatoms. The summed E-state index contributed by atoms with van der Waals surface area (Å²) >= 11 is 1.82.